The maximum Gasteiger partial charge on any atom is 0.174 e. The van der Waals surface area contributed by atoms with Crippen LogP contribution in [0.1, 0.15) is 61.2 Å². The van der Waals surface area contributed by atoms with Crippen molar-refractivity contribution >= 4 is 27.8 Å². The molecule has 0 aliphatic heterocycles. The molecule has 2 rings (SSSR count). The van der Waals surface area contributed by atoms with Gasteiger partial charge in [0, 0.05) is 25.6 Å². The fourth-order valence-electron chi connectivity index (χ4n) is 2.49. The number of hydrogen-bond donors (Lipinski definition) is 1. The van der Waals surface area contributed by atoms with Crippen molar-refractivity contribution in [3.63, 3.8) is 0 Å². The highest BCUT2D eigenvalue weighted by Crippen LogP contribution is 2.52. The summed E-state index contributed by atoms with van der Waals surface area (Å²) in [5.74, 6) is 1.36. The molecule has 1 aromatic rings. The summed E-state index contributed by atoms with van der Waals surface area (Å²) in [6.45, 7) is 7.32. The van der Waals surface area contributed by atoms with Gasteiger partial charge in [-0.1, -0.05) is 20.8 Å². The molecule has 2 N–H and O–H groups in total. The molecular weight excluding hydrogens is 256 g/mol. The summed E-state index contributed by atoms with van der Waals surface area (Å²) in [4.78, 5) is 15.0. The molecule has 0 aromatic carbocycles. The number of nitrogen functional groups attached to an aromatic ring is 1. The second-order valence-electron chi connectivity index (χ2n) is 5.89. The van der Waals surface area contributed by atoms with Crippen LogP contribution in [0.3, 0.4) is 0 Å². The van der Waals surface area contributed by atoms with E-state index in [0.717, 1.165) is 17.1 Å². The Labute approximate surface area is 119 Å². The average Bonchev–Trinajstić information content (AvgIpc) is 3.11. The zero-order valence-corrected chi connectivity index (χ0v) is 13.1. The van der Waals surface area contributed by atoms with Crippen LogP contribution in [0.2, 0.25) is 0 Å². The third-order valence-corrected chi connectivity index (χ3v) is 4.89. The maximum absolute atomic E-state index is 12.0. The Morgan fingerprint density at radius 3 is 2.58 bits per heavy atom. The van der Waals surface area contributed by atoms with Crippen molar-refractivity contribution in [3.8, 4) is 0 Å². The predicted octanol–water partition coefficient (Wildman–Crippen LogP) is 3.89. The number of ketones is 1. The molecule has 1 saturated carbocycles. The summed E-state index contributed by atoms with van der Waals surface area (Å²) < 4.78 is 0. The van der Waals surface area contributed by atoms with Crippen LogP contribution >= 0.6 is 11.3 Å². The first-order chi connectivity index (χ1) is 8.95. The Hall–Kier alpha value is -1.03. The number of hydrogen-bond acceptors (Lipinski definition) is 4. The minimum Gasteiger partial charge on any atom is -0.397 e. The van der Waals surface area contributed by atoms with Gasteiger partial charge in [0.2, 0.25) is 0 Å². The van der Waals surface area contributed by atoms with E-state index in [2.05, 4.69) is 25.8 Å². The lowest BCUT2D eigenvalue weighted by Crippen LogP contribution is -2.22. The van der Waals surface area contributed by atoms with Crippen molar-refractivity contribution < 1.29 is 4.79 Å². The van der Waals surface area contributed by atoms with Crippen molar-refractivity contribution in [2.45, 2.75) is 46.0 Å². The third-order valence-electron chi connectivity index (χ3n) is 3.51. The summed E-state index contributed by atoms with van der Waals surface area (Å²) in [6, 6.07) is 0. The predicted molar refractivity (Wildman–Crippen MR) is 83.4 cm³/mol. The molecule has 1 heterocycles. The van der Waals surface area contributed by atoms with Gasteiger partial charge >= 0.3 is 0 Å². The molecule has 19 heavy (non-hydrogen) atoms. The van der Waals surface area contributed by atoms with Crippen LogP contribution in [0, 0.1) is 5.92 Å². The first kappa shape index (κ1) is 14.4. The Morgan fingerprint density at radius 1 is 1.47 bits per heavy atom. The van der Waals surface area contributed by atoms with E-state index >= 15 is 0 Å². The molecule has 0 amide bonds. The molecule has 1 aliphatic rings. The lowest BCUT2D eigenvalue weighted by Gasteiger charge is -2.21. The van der Waals surface area contributed by atoms with Crippen LogP contribution in [-0.2, 0) is 0 Å². The van der Waals surface area contributed by atoms with Crippen molar-refractivity contribution in [2.24, 2.45) is 5.92 Å². The number of carbonyl (C=O) groups excluding carboxylic acids is 1. The molecule has 0 unspecified atom stereocenters. The second kappa shape index (κ2) is 5.53. The van der Waals surface area contributed by atoms with E-state index in [1.807, 2.05) is 6.92 Å². The largest absolute Gasteiger partial charge is 0.397 e. The highest BCUT2D eigenvalue weighted by Gasteiger charge is 2.33. The highest BCUT2D eigenvalue weighted by molar-refractivity contribution is 7.18. The van der Waals surface area contributed by atoms with Crippen LogP contribution in [0.15, 0.2) is 0 Å². The van der Waals surface area contributed by atoms with E-state index in [-0.39, 0.29) is 5.78 Å². The Kier molecular flexibility index (Phi) is 4.19. The highest BCUT2D eigenvalue weighted by atomic mass is 32.1. The summed E-state index contributed by atoms with van der Waals surface area (Å²) in [5, 5.41) is 1.21. The molecule has 0 atom stereocenters. The molecule has 106 valence electrons. The quantitative estimate of drug-likeness (QED) is 0.804. The average molecular weight is 280 g/mol. The van der Waals surface area contributed by atoms with Gasteiger partial charge in [-0.25, -0.2) is 0 Å². The number of nitrogens with zero attached hydrogens (tertiary/aromatic N) is 1. The lowest BCUT2D eigenvalue weighted by atomic mass is 10.1. The molecule has 1 aromatic heterocycles. The summed E-state index contributed by atoms with van der Waals surface area (Å²) in [5.41, 5.74) is 8.25. The van der Waals surface area contributed by atoms with Gasteiger partial charge < -0.3 is 10.6 Å². The monoisotopic (exact) mass is 280 g/mol. The summed E-state index contributed by atoms with van der Waals surface area (Å²) in [6.07, 6.45) is 2.95. The number of nitrogens with two attached hydrogens (primary N) is 1. The van der Waals surface area contributed by atoms with Crippen LogP contribution < -0.4 is 10.6 Å². The van der Waals surface area contributed by atoms with Crippen molar-refractivity contribution in [2.75, 3.05) is 24.2 Å². The molecule has 0 saturated heterocycles. The Balaban J connectivity index is 2.38. The molecular formula is C15H24N2OS. The number of Topliss-reactive ketones (excluding diaryl/α,β-unsaturated/α-hetero) is 1. The molecule has 3 nitrogen and oxygen atoms in total. The molecule has 0 bridgehead atoms. The fourth-order valence-corrected chi connectivity index (χ4v) is 3.78. The van der Waals surface area contributed by atoms with Gasteiger partial charge in [0.25, 0.3) is 0 Å². The number of rotatable bonds is 6. The van der Waals surface area contributed by atoms with E-state index in [1.165, 1.54) is 23.4 Å². The van der Waals surface area contributed by atoms with Gasteiger partial charge in [0.1, 0.15) is 0 Å². The van der Waals surface area contributed by atoms with E-state index in [9.17, 15) is 4.79 Å². The van der Waals surface area contributed by atoms with Crippen molar-refractivity contribution in [3.05, 3.63) is 10.4 Å². The number of thiophene rings is 1. The second-order valence-corrected chi connectivity index (χ2v) is 6.89. The number of carbonyl (C=O) groups is 1. The zero-order chi connectivity index (χ0) is 14.2. The Bertz CT molecular complexity index is 475. The molecule has 0 radical (unpaired) electrons. The van der Waals surface area contributed by atoms with Crippen molar-refractivity contribution in [1.82, 2.24) is 0 Å². The first-order valence-corrected chi connectivity index (χ1v) is 7.93. The molecule has 4 heteroatoms. The topological polar surface area (TPSA) is 46.3 Å². The van der Waals surface area contributed by atoms with Gasteiger partial charge in [0.15, 0.2) is 5.78 Å². The van der Waals surface area contributed by atoms with Gasteiger partial charge in [-0.05, 0) is 24.7 Å². The minimum absolute atomic E-state index is 0.175. The van der Waals surface area contributed by atoms with E-state index < -0.39 is 0 Å². The SMILES string of the molecule is CCC(=O)c1sc(N(C)CC(C)C)c(C2CC2)c1N. The third kappa shape index (κ3) is 2.94. The smallest absolute Gasteiger partial charge is 0.174 e. The molecule has 1 aliphatic carbocycles. The maximum atomic E-state index is 12.0. The number of anilines is 2. The molecule has 0 spiro atoms. The summed E-state index contributed by atoms with van der Waals surface area (Å²) >= 11 is 1.59. The van der Waals surface area contributed by atoms with Crippen LogP contribution in [0.25, 0.3) is 0 Å². The Morgan fingerprint density at radius 2 is 2.11 bits per heavy atom. The van der Waals surface area contributed by atoms with E-state index in [1.54, 1.807) is 11.3 Å². The fraction of sp³-hybridized carbons (Fsp3) is 0.667. The van der Waals surface area contributed by atoms with Crippen LogP contribution in [-0.4, -0.2) is 19.4 Å². The zero-order valence-electron chi connectivity index (χ0n) is 12.3. The van der Waals surface area contributed by atoms with E-state index in [4.69, 9.17) is 5.73 Å². The van der Waals surface area contributed by atoms with Crippen molar-refractivity contribution in [1.29, 1.82) is 0 Å². The van der Waals surface area contributed by atoms with E-state index in [0.29, 0.717) is 18.3 Å². The van der Waals surface area contributed by atoms with Gasteiger partial charge in [-0.3, -0.25) is 4.79 Å². The van der Waals surface area contributed by atoms with Crippen LogP contribution in [0.4, 0.5) is 10.7 Å². The lowest BCUT2D eigenvalue weighted by molar-refractivity contribution is 0.0993. The normalized spacial score (nSPS) is 15.0. The summed E-state index contributed by atoms with van der Waals surface area (Å²) in [7, 11) is 2.11. The van der Waals surface area contributed by atoms with Gasteiger partial charge in [-0.2, -0.15) is 0 Å². The van der Waals surface area contributed by atoms with Crippen LogP contribution in [0.5, 0.6) is 0 Å². The standard InChI is InChI=1S/C15H24N2OS/c1-5-11(18)14-13(16)12(10-6-7-10)15(19-14)17(4)8-9(2)3/h9-10H,5-8,16H2,1-4H3. The first-order valence-electron chi connectivity index (χ1n) is 7.12. The minimum atomic E-state index is 0.175. The van der Waals surface area contributed by atoms with Gasteiger partial charge in [0.05, 0.1) is 15.6 Å². The van der Waals surface area contributed by atoms with Gasteiger partial charge in [-0.15, -0.1) is 11.3 Å². The molecule has 1 fully saturated rings.